The van der Waals surface area contributed by atoms with Crippen molar-refractivity contribution in [3.8, 4) is 5.69 Å². The lowest BCUT2D eigenvalue weighted by Gasteiger charge is -2.36. The molecule has 164 valence electrons. The Balaban J connectivity index is 1.38. The predicted molar refractivity (Wildman–Crippen MR) is 121 cm³/mol. The van der Waals surface area contributed by atoms with Gasteiger partial charge in [-0.3, -0.25) is 0 Å². The summed E-state index contributed by atoms with van der Waals surface area (Å²) in [5, 5.41) is 7.43. The van der Waals surface area contributed by atoms with Crippen molar-refractivity contribution >= 4 is 28.5 Å². The summed E-state index contributed by atoms with van der Waals surface area (Å²) < 4.78 is 29.0. The number of hydrogen-bond donors (Lipinski definition) is 2. The first-order valence-electron chi connectivity index (χ1n) is 10.5. The van der Waals surface area contributed by atoms with Crippen LogP contribution in [-0.2, 0) is 0 Å². The molecule has 0 aliphatic carbocycles. The Morgan fingerprint density at radius 1 is 0.969 bits per heavy atom. The summed E-state index contributed by atoms with van der Waals surface area (Å²) in [6.07, 6.45) is 5.13. The highest BCUT2D eigenvalue weighted by atomic mass is 19.1. The molecule has 3 aromatic heterocycles. The van der Waals surface area contributed by atoms with Crippen LogP contribution in [0.2, 0.25) is 0 Å². The van der Waals surface area contributed by atoms with Crippen molar-refractivity contribution in [2.45, 2.75) is 25.9 Å². The predicted octanol–water partition coefficient (Wildman–Crippen LogP) is 4.02. The Morgan fingerprint density at radius 3 is 2.41 bits per heavy atom. The second-order valence-corrected chi connectivity index (χ2v) is 8.19. The van der Waals surface area contributed by atoms with Crippen LogP contribution in [0.3, 0.4) is 0 Å². The third-order valence-electron chi connectivity index (χ3n) is 5.44. The van der Waals surface area contributed by atoms with E-state index in [0.717, 1.165) is 36.0 Å². The van der Waals surface area contributed by atoms with E-state index >= 15 is 0 Å². The maximum atomic E-state index is 13.7. The molecule has 1 saturated heterocycles. The van der Waals surface area contributed by atoms with Gasteiger partial charge in [-0.25, -0.2) is 18.7 Å². The summed E-state index contributed by atoms with van der Waals surface area (Å²) in [4.78, 5) is 15.8. The monoisotopic (exact) mass is 435 g/mol. The van der Waals surface area contributed by atoms with Crippen LogP contribution >= 0.6 is 0 Å². The largest absolute Gasteiger partial charge is 0.354 e. The first-order valence-corrected chi connectivity index (χ1v) is 10.5. The molecule has 1 fully saturated rings. The van der Waals surface area contributed by atoms with Crippen molar-refractivity contribution < 1.29 is 8.78 Å². The molecule has 4 aromatic rings. The number of benzene rings is 1. The summed E-state index contributed by atoms with van der Waals surface area (Å²) in [6, 6.07) is 9.89. The van der Waals surface area contributed by atoms with E-state index in [9.17, 15) is 8.78 Å². The van der Waals surface area contributed by atoms with Gasteiger partial charge in [-0.05, 0) is 44.2 Å². The number of hydrogen-bond acceptors (Lipinski definition) is 6. The lowest BCUT2D eigenvalue weighted by molar-refractivity contribution is 0.405. The summed E-state index contributed by atoms with van der Waals surface area (Å²) in [6.45, 7) is 6.14. The fourth-order valence-corrected chi connectivity index (χ4v) is 4.16. The number of anilines is 3. The second kappa shape index (κ2) is 8.16. The van der Waals surface area contributed by atoms with Crippen LogP contribution in [0, 0.1) is 11.6 Å². The number of halogens is 2. The van der Waals surface area contributed by atoms with Gasteiger partial charge in [0.2, 0.25) is 5.95 Å². The molecule has 4 heterocycles. The van der Waals surface area contributed by atoms with Gasteiger partial charge < -0.3 is 20.1 Å². The molecule has 1 aliphatic rings. The highest BCUT2D eigenvalue weighted by Gasteiger charge is 2.21. The Hall–Kier alpha value is -3.59. The van der Waals surface area contributed by atoms with Crippen molar-refractivity contribution in [3.05, 3.63) is 66.6 Å². The lowest BCUT2D eigenvalue weighted by Crippen LogP contribution is -2.54. The van der Waals surface area contributed by atoms with Gasteiger partial charge >= 0.3 is 0 Å². The maximum absolute atomic E-state index is 13.7. The molecule has 1 aliphatic heterocycles. The zero-order valence-corrected chi connectivity index (χ0v) is 17.8. The van der Waals surface area contributed by atoms with Crippen LogP contribution in [0.1, 0.15) is 13.8 Å². The third kappa shape index (κ3) is 4.11. The number of pyridine rings is 1. The van der Waals surface area contributed by atoms with Crippen molar-refractivity contribution in [1.82, 2.24) is 24.8 Å². The van der Waals surface area contributed by atoms with Gasteiger partial charge in [0.15, 0.2) is 0 Å². The number of piperazine rings is 1. The lowest BCUT2D eigenvalue weighted by atomic mass is 10.1. The van der Waals surface area contributed by atoms with E-state index in [1.807, 2.05) is 12.1 Å². The quantitative estimate of drug-likeness (QED) is 0.505. The molecule has 9 heteroatoms. The topological polar surface area (TPSA) is 70.9 Å². The molecule has 0 radical (unpaired) electrons. The van der Waals surface area contributed by atoms with Crippen molar-refractivity contribution in [1.29, 1.82) is 0 Å². The normalized spacial score (nSPS) is 18.8. The molecule has 2 atom stereocenters. The summed E-state index contributed by atoms with van der Waals surface area (Å²) in [7, 11) is 0. The van der Waals surface area contributed by atoms with Crippen molar-refractivity contribution in [2.75, 3.05) is 23.3 Å². The molecule has 32 heavy (non-hydrogen) atoms. The Bertz CT molecular complexity index is 1220. The van der Waals surface area contributed by atoms with Gasteiger partial charge in [0.1, 0.15) is 23.1 Å². The summed E-state index contributed by atoms with van der Waals surface area (Å²) >= 11 is 0. The van der Waals surface area contributed by atoms with Crippen LogP contribution in [0.4, 0.5) is 26.2 Å². The average molecular weight is 435 g/mol. The zero-order valence-electron chi connectivity index (χ0n) is 17.8. The SMILES string of the molecule is C[C@@H]1CN(c2ccc(Nc3ncc4ccn(-c5cc(F)cc(F)c5)c4n3)cn2)C[C@H](C)N1. The maximum Gasteiger partial charge on any atom is 0.229 e. The van der Waals surface area contributed by atoms with E-state index in [1.54, 1.807) is 29.2 Å². The van der Waals surface area contributed by atoms with E-state index in [4.69, 9.17) is 0 Å². The Labute approximate surface area is 184 Å². The molecule has 2 N–H and O–H groups in total. The highest BCUT2D eigenvalue weighted by Crippen LogP contribution is 2.23. The zero-order chi connectivity index (χ0) is 22.2. The smallest absolute Gasteiger partial charge is 0.229 e. The molecular formula is C23H23F2N7. The second-order valence-electron chi connectivity index (χ2n) is 8.19. The molecule has 7 nitrogen and oxygen atoms in total. The first-order chi connectivity index (χ1) is 15.4. The van der Waals surface area contributed by atoms with Gasteiger partial charge in [0.05, 0.1) is 17.6 Å². The van der Waals surface area contributed by atoms with E-state index in [0.29, 0.717) is 29.4 Å². The minimum Gasteiger partial charge on any atom is -0.354 e. The molecule has 0 amide bonds. The van der Waals surface area contributed by atoms with Crippen LogP contribution in [0.15, 0.2) is 55.0 Å². The van der Waals surface area contributed by atoms with Gasteiger partial charge in [-0.15, -0.1) is 0 Å². The van der Waals surface area contributed by atoms with E-state index in [-0.39, 0.29) is 0 Å². The Kier molecular flexibility index (Phi) is 5.18. The van der Waals surface area contributed by atoms with E-state index < -0.39 is 11.6 Å². The van der Waals surface area contributed by atoms with E-state index in [1.165, 1.54) is 12.1 Å². The molecule has 0 saturated carbocycles. The number of fused-ring (bicyclic) bond motifs is 1. The molecule has 5 rings (SSSR count). The first kappa shape index (κ1) is 20.3. The van der Waals surface area contributed by atoms with Crippen molar-refractivity contribution in [3.63, 3.8) is 0 Å². The molecule has 0 spiro atoms. The fourth-order valence-electron chi connectivity index (χ4n) is 4.16. The number of nitrogens with one attached hydrogen (secondary N) is 2. The van der Waals surface area contributed by atoms with Crippen LogP contribution in [0.25, 0.3) is 16.7 Å². The van der Waals surface area contributed by atoms with Crippen LogP contribution in [0.5, 0.6) is 0 Å². The standard InChI is InChI=1S/C23H23F2N7/c1-14-12-31(13-15(2)28-14)21-4-3-19(11-26-21)29-23-27-10-16-5-6-32(22(16)30-23)20-8-17(24)7-18(25)9-20/h3-11,14-15,28H,12-13H2,1-2H3,(H,27,29,30)/t14-,15+. The number of aromatic nitrogens is 4. The van der Waals surface area contributed by atoms with Crippen molar-refractivity contribution in [2.24, 2.45) is 0 Å². The van der Waals surface area contributed by atoms with E-state index in [2.05, 4.69) is 44.3 Å². The average Bonchev–Trinajstić information content (AvgIpc) is 3.16. The molecule has 0 bridgehead atoms. The van der Waals surface area contributed by atoms with Gasteiger partial charge in [0, 0.05) is 49.0 Å². The van der Waals surface area contributed by atoms with Crippen LogP contribution < -0.4 is 15.5 Å². The van der Waals surface area contributed by atoms with Crippen LogP contribution in [-0.4, -0.2) is 44.7 Å². The number of rotatable bonds is 4. The van der Waals surface area contributed by atoms with Gasteiger partial charge in [-0.2, -0.15) is 4.98 Å². The third-order valence-corrected chi connectivity index (χ3v) is 5.44. The summed E-state index contributed by atoms with van der Waals surface area (Å²) in [5.74, 6) is 0.00445. The minimum atomic E-state index is -0.645. The summed E-state index contributed by atoms with van der Waals surface area (Å²) in [5.41, 5.74) is 1.65. The minimum absolute atomic E-state index is 0.354. The molecular weight excluding hydrogens is 412 g/mol. The molecule has 1 aromatic carbocycles. The highest BCUT2D eigenvalue weighted by molar-refractivity contribution is 5.78. The molecule has 0 unspecified atom stereocenters. The Morgan fingerprint density at radius 2 is 1.72 bits per heavy atom. The van der Waals surface area contributed by atoms with Gasteiger partial charge in [-0.1, -0.05) is 0 Å². The fraction of sp³-hybridized carbons (Fsp3) is 0.261. The number of nitrogens with zero attached hydrogens (tertiary/aromatic N) is 5. The van der Waals surface area contributed by atoms with Gasteiger partial charge in [0.25, 0.3) is 0 Å².